The van der Waals surface area contributed by atoms with Gasteiger partial charge in [0, 0.05) is 18.5 Å². The van der Waals surface area contributed by atoms with Gasteiger partial charge < -0.3 is 5.32 Å². The van der Waals surface area contributed by atoms with E-state index in [1.54, 1.807) is 0 Å². The fraction of sp³-hybridized carbons (Fsp3) is 0.500. The number of fused-ring (bicyclic) bond motifs is 1. The van der Waals surface area contributed by atoms with E-state index in [1.165, 1.54) is 42.3 Å². The first-order chi connectivity index (χ1) is 8.33. The molecule has 3 nitrogen and oxygen atoms in total. The molecule has 0 bridgehead atoms. The maximum Gasteiger partial charge on any atom is 0.0679 e. The molecule has 1 aliphatic rings. The van der Waals surface area contributed by atoms with Gasteiger partial charge in [-0.15, -0.1) is 0 Å². The summed E-state index contributed by atoms with van der Waals surface area (Å²) in [6, 6.07) is 7.36. The second-order valence-electron chi connectivity index (χ2n) is 5.01. The fourth-order valence-electron chi connectivity index (χ4n) is 2.72. The van der Waals surface area contributed by atoms with Crippen molar-refractivity contribution >= 4 is 10.9 Å². The maximum atomic E-state index is 4.28. The number of aryl methyl sites for hydroxylation is 1. The van der Waals surface area contributed by atoms with Gasteiger partial charge in [-0.25, -0.2) is 0 Å². The summed E-state index contributed by atoms with van der Waals surface area (Å²) in [4.78, 5) is 0. The largest absolute Gasteiger partial charge is 0.314 e. The van der Waals surface area contributed by atoms with Gasteiger partial charge in [0.25, 0.3) is 0 Å². The van der Waals surface area contributed by atoms with Crippen molar-refractivity contribution in [3.05, 3.63) is 30.0 Å². The summed E-state index contributed by atoms with van der Waals surface area (Å²) >= 11 is 0. The van der Waals surface area contributed by atoms with Crippen LogP contribution in [0.25, 0.3) is 10.9 Å². The lowest BCUT2D eigenvalue weighted by Gasteiger charge is -2.23. The molecule has 1 unspecified atom stereocenters. The minimum Gasteiger partial charge on any atom is -0.314 e. The van der Waals surface area contributed by atoms with E-state index in [0.29, 0.717) is 6.04 Å². The van der Waals surface area contributed by atoms with Crippen molar-refractivity contribution in [2.45, 2.75) is 31.7 Å². The van der Waals surface area contributed by atoms with Crippen LogP contribution < -0.4 is 5.32 Å². The van der Waals surface area contributed by atoms with Gasteiger partial charge >= 0.3 is 0 Å². The van der Waals surface area contributed by atoms with Crippen molar-refractivity contribution in [3.8, 4) is 0 Å². The molecular weight excluding hydrogens is 210 g/mol. The van der Waals surface area contributed by atoms with Crippen LogP contribution >= 0.6 is 0 Å². The van der Waals surface area contributed by atoms with Crippen molar-refractivity contribution in [1.82, 2.24) is 15.1 Å². The molecule has 90 valence electrons. The smallest absolute Gasteiger partial charge is 0.0679 e. The highest BCUT2D eigenvalue weighted by Crippen LogP contribution is 2.18. The van der Waals surface area contributed by atoms with Crippen LogP contribution in [-0.2, 0) is 13.5 Å². The van der Waals surface area contributed by atoms with Gasteiger partial charge in [0.2, 0.25) is 0 Å². The third-order valence-electron chi connectivity index (χ3n) is 3.71. The Morgan fingerprint density at radius 3 is 3.18 bits per heavy atom. The lowest BCUT2D eigenvalue weighted by Crippen LogP contribution is -2.35. The summed E-state index contributed by atoms with van der Waals surface area (Å²) in [7, 11) is 1.99. The Hall–Kier alpha value is -1.35. The maximum absolute atomic E-state index is 4.28. The first-order valence-corrected chi connectivity index (χ1v) is 6.47. The molecule has 17 heavy (non-hydrogen) atoms. The number of hydrogen-bond donors (Lipinski definition) is 1. The molecule has 1 atom stereocenters. The van der Waals surface area contributed by atoms with Crippen LogP contribution in [-0.4, -0.2) is 22.4 Å². The highest BCUT2D eigenvalue weighted by Gasteiger charge is 2.13. The number of nitrogens with zero attached hydrogens (tertiary/aromatic N) is 2. The van der Waals surface area contributed by atoms with Crippen molar-refractivity contribution in [2.75, 3.05) is 6.54 Å². The Bertz CT molecular complexity index is 509. The lowest BCUT2D eigenvalue weighted by molar-refractivity contribution is 0.399. The molecule has 1 aromatic heterocycles. The SMILES string of the molecule is Cn1ncc2cc(CC3CCCCN3)ccc21. The summed E-state index contributed by atoms with van der Waals surface area (Å²) < 4.78 is 1.93. The number of benzene rings is 1. The molecule has 1 aromatic carbocycles. The summed E-state index contributed by atoms with van der Waals surface area (Å²) in [5, 5.41) is 9.14. The number of piperidine rings is 1. The van der Waals surface area contributed by atoms with Gasteiger partial charge in [-0.05, 0) is 43.5 Å². The minimum atomic E-state index is 0.665. The zero-order valence-electron chi connectivity index (χ0n) is 10.3. The lowest BCUT2D eigenvalue weighted by atomic mass is 9.97. The van der Waals surface area contributed by atoms with E-state index in [4.69, 9.17) is 0 Å². The van der Waals surface area contributed by atoms with E-state index in [9.17, 15) is 0 Å². The van der Waals surface area contributed by atoms with Crippen LogP contribution in [0.1, 0.15) is 24.8 Å². The van der Waals surface area contributed by atoms with E-state index in [0.717, 1.165) is 6.42 Å². The van der Waals surface area contributed by atoms with Crippen molar-refractivity contribution < 1.29 is 0 Å². The average Bonchev–Trinajstić information content (AvgIpc) is 2.72. The quantitative estimate of drug-likeness (QED) is 0.856. The van der Waals surface area contributed by atoms with E-state index < -0.39 is 0 Å². The van der Waals surface area contributed by atoms with E-state index in [1.807, 2.05) is 17.9 Å². The summed E-state index contributed by atoms with van der Waals surface area (Å²) in [6.45, 7) is 1.18. The molecule has 3 heteroatoms. The molecule has 2 heterocycles. The van der Waals surface area contributed by atoms with Crippen LogP contribution in [0.3, 0.4) is 0 Å². The van der Waals surface area contributed by atoms with E-state index >= 15 is 0 Å². The first-order valence-electron chi connectivity index (χ1n) is 6.47. The van der Waals surface area contributed by atoms with Crippen LogP contribution in [0.15, 0.2) is 24.4 Å². The number of hydrogen-bond acceptors (Lipinski definition) is 2. The van der Waals surface area contributed by atoms with Crippen LogP contribution in [0, 0.1) is 0 Å². The molecular formula is C14H19N3. The molecule has 0 spiro atoms. The predicted molar refractivity (Wildman–Crippen MR) is 70.1 cm³/mol. The van der Waals surface area contributed by atoms with Gasteiger partial charge in [0.15, 0.2) is 0 Å². The van der Waals surface area contributed by atoms with E-state index in [-0.39, 0.29) is 0 Å². The van der Waals surface area contributed by atoms with Gasteiger partial charge in [0.1, 0.15) is 0 Å². The second-order valence-corrected chi connectivity index (χ2v) is 5.01. The molecule has 2 aromatic rings. The number of nitrogens with one attached hydrogen (secondary N) is 1. The second kappa shape index (κ2) is 4.49. The normalized spacial score (nSPS) is 20.9. The van der Waals surface area contributed by atoms with E-state index in [2.05, 4.69) is 28.6 Å². The van der Waals surface area contributed by atoms with Crippen molar-refractivity contribution in [2.24, 2.45) is 7.05 Å². The summed E-state index contributed by atoms with van der Waals surface area (Å²) in [5.41, 5.74) is 2.63. The Kier molecular flexibility index (Phi) is 2.85. The Morgan fingerprint density at radius 2 is 2.35 bits per heavy atom. The molecule has 0 amide bonds. The Balaban J connectivity index is 1.80. The number of rotatable bonds is 2. The fourth-order valence-corrected chi connectivity index (χ4v) is 2.72. The zero-order valence-corrected chi connectivity index (χ0v) is 10.3. The van der Waals surface area contributed by atoms with Gasteiger partial charge in [-0.3, -0.25) is 4.68 Å². The highest BCUT2D eigenvalue weighted by molar-refractivity contribution is 5.79. The van der Waals surface area contributed by atoms with Crippen molar-refractivity contribution in [3.63, 3.8) is 0 Å². The minimum absolute atomic E-state index is 0.665. The summed E-state index contributed by atoms with van der Waals surface area (Å²) in [5.74, 6) is 0. The molecule has 1 aliphatic heterocycles. The molecule has 0 radical (unpaired) electrons. The molecule has 0 aliphatic carbocycles. The molecule has 1 N–H and O–H groups in total. The van der Waals surface area contributed by atoms with Crippen LogP contribution in [0.5, 0.6) is 0 Å². The Morgan fingerprint density at radius 1 is 1.41 bits per heavy atom. The van der Waals surface area contributed by atoms with Gasteiger partial charge in [0.05, 0.1) is 11.7 Å². The third kappa shape index (κ3) is 2.20. The highest BCUT2D eigenvalue weighted by atomic mass is 15.2. The monoisotopic (exact) mass is 229 g/mol. The van der Waals surface area contributed by atoms with Gasteiger partial charge in [-0.2, -0.15) is 5.10 Å². The zero-order chi connectivity index (χ0) is 11.7. The third-order valence-corrected chi connectivity index (χ3v) is 3.71. The standard InChI is InChI=1S/C14H19N3/c1-17-14-6-5-11(8-12(14)10-16-17)9-13-4-2-3-7-15-13/h5-6,8,10,13,15H,2-4,7,9H2,1H3. The molecule has 3 rings (SSSR count). The van der Waals surface area contributed by atoms with Crippen LogP contribution in [0.4, 0.5) is 0 Å². The topological polar surface area (TPSA) is 29.9 Å². The molecule has 1 saturated heterocycles. The number of aromatic nitrogens is 2. The summed E-state index contributed by atoms with van der Waals surface area (Å²) in [6.07, 6.45) is 7.11. The van der Waals surface area contributed by atoms with Gasteiger partial charge in [-0.1, -0.05) is 12.5 Å². The predicted octanol–water partition coefficient (Wildman–Crippen LogP) is 2.26. The average molecular weight is 229 g/mol. The molecule has 0 saturated carbocycles. The Labute approximate surface area is 102 Å². The first kappa shape index (κ1) is 10.8. The van der Waals surface area contributed by atoms with Crippen LogP contribution in [0.2, 0.25) is 0 Å². The van der Waals surface area contributed by atoms with Crippen molar-refractivity contribution in [1.29, 1.82) is 0 Å². The molecule has 1 fully saturated rings.